The third kappa shape index (κ3) is 2.28. The lowest BCUT2D eigenvalue weighted by atomic mass is 9.84. The van der Waals surface area contributed by atoms with Gasteiger partial charge in [-0.15, -0.1) is 0 Å². The van der Waals surface area contributed by atoms with Crippen molar-refractivity contribution in [3.8, 4) is 0 Å². The number of rotatable bonds is 1. The van der Waals surface area contributed by atoms with Crippen molar-refractivity contribution in [3.63, 3.8) is 0 Å². The van der Waals surface area contributed by atoms with E-state index in [2.05, 4.69) is 0 Å². The molecule has 1 fully saturated rings. The van der Waals surface area contributed by atoms with E-state index >= 15 is 0 Å². The first kappa shape index (κ1) is 12.8. The molecule has 2 N–H and O–H groups in total. The van der Waals surface area contributed by atoms with Crippen LogP contribution in [0.3, 0.4) is 0 Å². The van der Waals surface area contributed by atoms with Crippen molar-refractivity contribution in [3.05, 3.63) is 35.4 Å². The maximum absolute atomic E-state index is 13.6. The first-order valence-corrected chi connectivity index (χ1v) is 5.58. The second-order valence-electron chi connectivity index (χ2n) is 4.43. The lowest BCUT2D eigenvalue weighted by Crippen LogP contribution is -2.45. The Morgan fingerprint density at radius 3 is 2.39 bits per heavy atom. The molecule has 0 radical (unpaired) electrons. The molecule has 1 aromatic rings. The van der Waals surface area contributed by atoms with Crippen molar-refractivity contribution in [1.29, 1.82) is 0 Å². The van der Waals surface area contributed by atoms with E-state index < -0.39 is 23.3 Å². The summed E-state index contributed by atoms with van der Waals surface area (Å²) in [4.78, 5) is 11.9. The Balaban J connectivity index is 2.20. The third-order valence-electron chi connectivity index (χ3n) is 3.29. The molecule has 0 bridgehead atoms. The molecule has 1 heterocycles. The topological polar surface area (TPSA) is 60.8 Å². The van der Waals surface area contributed by atoms with Crippen molar-refractivity contribution in [1.82, 2.24) is 4.90 Å². The fraction of sp³-hybridized carbons (Fsp3) is 0.417. The van der Waals surface area contributed by atoms with Crippen LogP contribution in [0.4, 0.5) is 13.6 Å². The second-order valence-corrected chi connectivity index (χ2v) is 4.43. The van der Waals surface area contributed by atoms with Crippen LogP contribution in [0.25, 0.3) is 0 Å². The minimum atomic E-state index is -1.43. The molecule has 2 rings (SSSR count). The molecular weight excluding hydrogens is 244 g/mol. The Kier molecular flexibility index (Phi) is 3.21. The molecule has 0 aromatic heterocycles. The average Bonchev–Trinajstić information content (AvgIpc) is 2.29. The Labute approximate surface area is 102 Å². The Bertz CT molecular complexity index is 470. The van der Waals surface area contributed by atoms with Gasteiger partial charge in [0.15, 0.2) is 0 Å². The van der Waals surface area contributed by atoms with E-state index in [0.29, 0.717) is 0 Å². The molecule has 0 aliphatic carbocycles. The Hall–Kier alpha value is -1.69. The SMILES string of the molecule is O=C(O)N1CCC(O)(c2ccc(F)cc2F)CC1. The van der Waals surface area contributed by atoms with Crippen LogP contribution in [-0.2, 0) is 5.60 Å². The molecule has 1 aliphatic heterocycles. The fourth-order valence-corrected chi connectivity index (χ4v) is 2.20. The summed E-state index contributed by atoms with van der Waals surface area (Å²) in [5.74, 6) is -1.51. The summed E-state index contributed by atoms with van der Waals surface area (Å²) in [5, 5.41) is 19.1. The molecule has 98 valence electrons. The first-order chi connectivity index (χ1) is 8.42. The molecule has 1 aromatic carbocycles. The molecule has 1 saturated heterocycles. The van der Waals surface area contributed by atoms with E-state index in [1.807, 2.05) is 0 Å². The van der Waals surface area contributed by atoms with Gasteiger partial charge in [-0.25, -0.2) is 13.6 Å². The van der Waals surface area contributed by atoms with Crippen LogP contribution in [0.2, 0.25) is 0 Å². The maximum Gasteiger partial charge on any atom is 0.407 e. The van der Waals surface area contributed by atoms with Crippen LogP contribution in [0.1, 0.15) is 18.4 Å². The van der Waals surface area contributed by atoms with Crippen LogP contribution in [0.15, 0.2) is 18.2 Å². The second kappa shape index (κ2) is 4.53. The highest BCUT2D eigenvalue weighted by Gasteiger charge is 2.37. The zero-order chi connectivity index (χ0) is 13.3. The molecule has 0 saturated carbocycles. The number of amides is 1. The lowest BCUT2D eigenvalue weighted by Gasteiger charge is -2.37. The predicted molar refractivity (Wildman–Crippen MR) is 59.1 cm³/mol. The predicted octanol–water partition coefficient (Wildman–Crippen LogP) is 1.93. The highest BCUT2D eigenvalue weighted by Crippen LogP contribution is 2.34. The van der Waals surface area contributed by atoms with Gasteiger partial charge in [-0.05, 0) is 18.9 Å². The molecule has 0 atom stereocenters. The van der Waals surface area contributed by atoms with Crippen LogP contribution in [0, 0.1) is 11.6 Å². The largest absolute Gasteiger partial charge is 0.465 e. The standard InChI is InChI=1S/C12H13F2NO3/c13-8-1-2-9(10(14)7-8)12(18)3-5-15(6-4-12)11(16)17/h1-2,7,18H,3-6H2,(H,16,17). The van der Waals surface area contributed by atoms with Gasteiger partial charge in [0.05, 0.1) is 5.60 Å². The molecule has 1 aliphatic rings. The Morgan fingerprint density at radius 2 is 1.89 bits per heavy atom. The fourth-order valence-electron chi connectivity index (χ4n) is 2.20. The third-order valence-corrected chi connectivity index (χ3v) is 3.29. The normalized spacial score (nSPS) is 18.7. The number of likely N-dealkylation sites (tertiary alicyclic amines) is 1. The minimum absolute atomic E-state index is 0.0222. The van der Waals surface area contributed by atoms with Gasteiger partial charge in [0.25, 0.3) is 0 Å². The number of carbonyl (C=O) groups is 1. The smallest absolute Gasteiger partial charge is 0.407 e. The lowest BCUT2D eigenvalue weighted by molar-refractivity contribution is -0.0239. The number of aliphatic hydroxyl groups is 1. The number of nitrogens with zero attached hydrogens (tertiary/aromatic N) is 1. The number of hydrogen-bond donors (Lipinski definition) is 2. The van der Waals surface area contributed by atoms with E-state index in [0.717, 1.165) is 17.0 Å². The molecule has 6 heteroatoms. The number of carboxylic acid groups (broad SMARTS) is 1. The molecule has 1 amide bonds. The first-order valence-electron chi connectivity index (χ1n) is 5.58. The summed E-state index contributed by atoms with van der Waals surface area (Å²) in [6.45, 7) is 0.255. The van der Waals surface area contributed by atoms with Crippen LogP contribution >= 0.6 is 0 Å². The summed E-state index contributed by atoms with van der Waals surface area (Å²) in [7, 11) is 0. The molecule has 0 spiro atoms. The highest BCUT2D eigenvalue weighted by atomic mass is 19.1. The van der Waals surface area contributed by atoms with Gasteiger partial charge in [0, 0.05) is 24.7 Å². The summed E-state index contributed by atoms with van der Waals surface area (Å²) in [5.41, 5.74) is -1.40. The molecular formula is C12H13F2NO3. The van der Waals surface area contributed by atoms with Crippen molar-refractivity contribution in [2.24, 2.45) is 0 Å². The quantitative estimate of drug-likeness (QED) is 0.808. The van der Waals surface area contributed by atoms with Gasteiger partial charge in [0.2, 0.25) is 0 Å². The zero-order valence-corrected chi connectivity index (χ0v) is 9.57. The van der Waals surface area contributed by atoms with Crippen LogP contribution in [-0.4, -0.2) is 34.3 Å². The summed E-state index contributed by atoms with van der Waals surface area (Å²) in [6, 6.07) is 3.01. The van der Waals surface area contributed by atoms with Crippen molar-refractivity contribution < 1.29 is 23.8 Å². The van der Waals surface area contributed by atoms with Gasteiger partial charge in [0.1, 0.15) is 11.6 Å². The van der Waals surface area contributed by atoms with Crippen LogP contribution in [0.5, 0.6) is 0 Å². The van der Waals surface area contributed by atoms with Gasteiger partial charge in [-0.3, -0.25) is 0 Å². The van der Waals surface area contributed by atoms with Crippen LogP contribution < -0.4 is 0 Å². The average molecular weight is 257 g/mol. The van der Waals surface area contributed by atoms with E-state index in [4.69, 9.17) is 5.11 Å². The molecule has 18 heavy (non-hydrogen) atoms. The Morgan fingerprint density at radius 1 is 1.28 bits per heavy atom. The monoisotopic (exact) mass is 257 g/mol. The minimum Gasteiger partial charge on any atom is -0.465 e. The van der Waals surface area contributed by atoms with Crippen molar-refractivity contribution in [2.75, 3.05) is 13.1 Å². The maximum atomic E-state index is 13.6. The van der Waals surface area contributed by atoms with Gasteiger partial charge >= 0.3 is 6.09 Å². The number of halogens is 2. The van der Waals surface area contributed by atoms with E-state index in [1.165, 1.54) is 6.07 Å². The highest BCUT2D eigenvalue weighted by molar-refractivity contribution is 5.65. The van der Waals surface area contributed by atoms with E-state index in [1.54, 1.807) is 0 Å². The number of hydrogen-bond acceptors (Lipinski definition) is 2. The van der Waals surface area contributed by atoms with E-state index in [9.17, 15) is 18.7 Å². The summed E-state index contributed by atoms with van der Waals surface area (Å²) in [6.07, 6.45) is -0.861. The van der Waals surface area contributed by atoms with Gasteiger partial charge in [-0.2, -0.15) is 0 Å². The summed E-state index contributed by atoms with van der Waals surface area (Å²) < 4.78 is 26.4. The van der Waals surface area contributed by atoms with Gasteiger partial charge in [-0.1, -0.05) is 6.07 Å². The summed E-state index contributed by atoms with van der Waals surface area (Å²) >= 11 is 0. The van der Waals surface area contributed by atoms with Crippen molar-refractivity contribution in [2.45, 2.75) is 18.4 Å². The van der Waals surface area contributed by atoms with E-state index in [-0.39, 0.29) is 31.5 Å². The number of piperidine rings is 1. The number of benzene rings is 1. The molecule has 0 unspecified atom stereocenters. The van der Waals surface area contributed by atoms with Gasteiger partial charge < -0.3 is 15.1 Å². The van der Waals surface area contributed by atoms with Crippen molar-refractivity contribution >= 4 is 6.09 Å². The zero-order valence-electron chi connectivity index (χ0n) is 9.57. The molecule has 4 nitrogen and oxygen atoms in total.